The maximum atomic E-state index is 12.8. The number of hydrogen-bond acceptors (Lipinski definition) is 4. The first-order valence-electron chi connectivity index (χ1n) is 8.38. The number of hydrogen-bond donors (Lipinski definition) is 0. The van der Waals surface area contributed by atoms with Crippen LogP contribution in [0.3, 0.4) is 0 Å². The minimum atomic E-state index is -0.492. The van der Waals surface area contributed by atoms with E-state index >= 15 is 0 Å². The van der Waals surface area contributed by atoms with Crippen LogP contribution in [0.2, 0.25) is 0 Å². The van der Waals surface area contributed by atoms with Crippen molar-refractivity contribution in [3.05, 3.63) is 80.2 Å². The molecular weight excluding hydrogens is 362 g/mol. The first kappa shape index (κ1) is 18.7. The Hall–Kier alpha value is -3.06. The number of benzene rings is 2. The summed E-state index contributed by atoms with van der Waals surface area (Å²) in [4.78, 5) is 28.2. The summed E-state index contributed by atoms with van der Waals surface area (Å²) in [5.41, 5.74) is 3.79. The Kier molecular flexibility index (Phi) is 5.05. The van der Waals surface area contributed by atoms with Crippen molar-refractivity contribution in [3.63, 3.8) is 0 Å². The van der Waals surface area contributed by atoms with Crippen molar-refractivity contribution in [1.29, 1.82) is 0 Å². The van der Waals surface area contributed by atoms with Gasteiger partial charge in [0, 0.05) is 18.2 Å². The number of nitro benzene ring substituents is 1. The molecule has 0 bridgehead atoms. The van der Waals surface area contributed by atoms with Gasteiger partial charge in [0.25, 0.3) is 11.6 Å². The van der Waals surface area contributed by atoms with Gasteiger partial charge in [-0.25, -0.2) is 0 Å². The molecule has 1 amide bonds. The molecule has 3 rings (SSSR count). The summed E-state index contributed by atoms with van der Waals surface area (Å²) in [7, 11) is 0. The van der Waals surface area contributed by atoms with Gasteiger partial charge in [-0.1, -0.05) is 23.5 Å². The molecule has 7 heteroatoms. The minimum Gasteiger partial charge on any atom is -0.312 e. The van der Waals surface area contributed by atoms with Crippen molar-refractivity contribution in [2.45, 2.75) is 27.3 Å². The van der Waals surface area contributed by atoms with Crippen LogP contribution in [-0.2, 0) is 6.54 Å². The number of amides is 1. The number of carbonyl (C=O) groups is 1. The SMILES string of the molecule is C=CCn1c(=NC(=O)c2cccc([N+](=O)[O-])c2C)sc2cc(C)c(C)cc21. The topological polar surface area (TPSA) is 77.5 Å². The molecular formula is C20H19N3O3S. The zero-order valence-corrected chi connectivity index (χ0v) is 16.2. The molecule has 0 atom stereocenters. The molecule has 138 valence electrons. The Morgan fingerprint density at radius 3 is 2.67 bits per heavy atom. The molecule has 0 aliphatic heterocycles. The summed E-state index contributed by atoms with van der Waals surface area (Å²) in [6.07, 6.45) is 1.75. The lowest BCUT2D eigenvalue weighted by atomic mass is 10.1. The monoisotopic (exact) mass is 381 g/mol. The summed E-state index contributed by atoms with van der Waals surface area (Å²) >= 11 is 1.42. The first-order valence-corrected chi connectivity index (χ1v) is 9.19. The van der Waals surface area contributed by atoms with E-state index in [9.17, 15) is 14.9 Å². The fourth-order valence-corrected chi connectivity index (χ4v) is 4.03. The van der Waals surface area contributed by atoms with Crippen LogP contribution in [0.5, 0.6) is 0 Å². The van der Waals surface area contributed by atoms with Crippen molar-refractivity contribution < 1.29 is 9.72 Å². The van der Waals surface area contributed by atoms with Crippen molar-refractivity contribution >= 4 is 33.1 Å². The van der Waals surface area contributed by atoms with Crippen LogP contribution < -0.4 is 4.80 Å². The third kappa shape index (κ3) is 3.46. The van der Waals surface area contributed by atoms with Crippen molar-refractivity contribution in [2.24, 2.45) is 4.99 Å². The molecule has 1 heterocycles. The Morgan fingerprint density at radius 2 is 2.00 bits per heavy atom. The van der Waals surface area contributed by atoms with E-state index < -0.39 is 10.8 Å². The molecule has 0 aliphatic rings. The summed E-state index contributed by atoms with van der Waals surface area (Å²) in [5, 5.41) is 11.1. The second kappa shape index (κ2) is 7.28. The van der Waals surface area contributed by atoms with Crippen LogP contribution in [0.4, 0.5) is 5.69 Å². The van der Waals surface area contributed by atoms with Crippen LogP contribution in [0.25, 0.3) is 10.2 Å². The zero-order chi connectivity index (χ0) is 19.7. The minimum absolute atomic E-state index is 0.0855. The highest BCUT2D eigenvalue weighted by molar-refractivity contribution is 7.16. The number of aromatic nitrogens is 1. The number of fused-ring (bicyclic) bond motifs is 1. The molecule has 0 saturated carbocycles. The lowest BCUT2D eigenvalue weighted by Gasteiger charge is -2.04. The Balaban J connectivity index is 2.20. The van der Waals surface area contributed by atoms with Gasteiger partial charge >= 0.3 is 0 Å². The van der Waals surface area contributed by atoms with Crippen LogP contribution in [0.1, 0.15) is 27.0 Å². The number of nitrogens with zero attached hydrogens (tertiary/aromatic N) is 3. The van der Waals surface area contributed by atoms with E-state index in [4.69, 9.17) is 0 Å². The van der Waals surface area contributed by atoms with E-state index in [1.807, 2.05) is 18.4 Å². The molecule has 0 N–H and O–H groups in total. The highest BCUT2D eigenvalue weighted by Crippen LogP contribution is 2.23. The molecule has 0 spiro atoms. The lowest BCUT2D eigenvalue weighted by molar-refractivity contribution is -0.385. The molecule has 0 unspecified atom stereocenters. The molecule has 2 aromatic carbocycles. The molecule has 3 aromatic rings. The predicted molar refractivity (Wildman–Crippen MR) is 107 cm³/mol. The maximum Gasteiger partial charge on any atom is 0.280 e. The molecule has 0 aliphatic carbocycles. The van der Waals surface area contributed by atoms with E-state index in [1.54, 1.807) is 19.1 Å². The normalized spacial score (nSPS) is 11.7. The second-order valence-electron chi connectivity index (χ2n) is 6.31. The fraction of sp³-hybridized carbons (Fsp3) is 0.200. The highest BCUT2D eigenvalue weighted by atomic mass is 32.1. The maximum absolute atomic E-state index is 12.8. The van der Waals surface area contributed by atoms with E-state index in [2.05, 4.69) is 23.7 Å². The summed E-state index contributed by atoms with van der Waals surface area (Å²) in [6.45, 7) is 9.95. The largest absolute Gasteiger partial charge is 0.312 e. The predicted octanol–water partition coefficient (Wildman–Crippen LogP) is 4.46. The Morgan fingerprint density at radius 1 is 1.30 bits per heavy atom. The van der Waals surface area contributed by atoms with Gasteiger partial charge in [0.05, 0.1) is 20.7 Å². The third-order valence-electron chi connectivity index (χ3n) is 4.54. The summed E-state index contributed by atoms with van der Waals surface area (Å²) in [6, 6.07) is 8.61. The lowest BCUT2D eigenvalue weighted by Crippen LogP contribution is -2.16. The van der Waals surface area contributed by atoms with Gasteiger partial charge in [0.15, 0.2) is 4.80 Å². The molecule has 0 radical (unpaired) electrons. The number of carbonyl (C=O) groups excluding carboxylic acids is 1. The molecule has 0 saturated heterocycles. The third-order valence-corrected chi connectivity index (χ3v) is 5.58. The van der Waals surface area contributed by atoms with Gasteiger partial charge in [-0.15, -0.1) is 6.58 Å². The van der Waals surface area contributed by atoms with E-state index in [-0.39, 0.29) is 11.3 Å². The van der Waals surface area contributed by atoms with Gasteiger partial charge in [-0.05, 0) is 50.1 Å². The van der Waals surface area contributed by atoms with Crippen LogP contribution in [-0.4, -0.2) is 15.4 Å². The van der Waals surface area contributed by atoms with Gasteiger partial charge in [-0.2, -0.15) is 4.99 Å². The van der Waals surface area contributed by atoms with E-state index in [1.165, 1.54) is 29.0 Å². The molecule has 27 heavy (non-hydrogen) atoms. The Labute approximate surface area is 160 Å². The number of allylic oxidation sites excluding steroid dienone is 1. The smallest absolute Gasteiger partial charge is 0.280 e. The standard InChI is InChI=1S/C20H19N3O3S/c1-5-9-22-17-10-12(2)13(3)11-18(17)27-20(22)21-19(24)15-7-6-8-16(14(15)4)23(25)26/h5-8,10-11H,1,9H2,2-4H3. The second-order valence-corrected chi connectivity index (χ2v) is 7.32. The van der Waals surface area contributed by atoms with Crippen LogP contribution >= 0.6 is 11.3 Å². The van der Waals surface area contributed by atoms with E-state index in [0.717, 1.165) is 15.8 Å². The van der Waals surface area contributed by atoms with Crippen molar-refractivity contribution in [3.8, 4) is 0 Å². The van der Waals surface area contributed by atoms with Gasteiger partial charge in [0.1, 0.15) is 0 Å². The molecule has 6 nitrogen and oxygen atoms in total. The summed E-state index contributed by atoms with van der Waals surface area (Å²) < 4.78 is 2.96. The van der Waals surface area contributed by atoms with Crippen LogP contribution in [0, 0.1) is 30.9 Å². The van der Waals surface area contributed by atoms with Gasteiger partial charge < -0.3 is 4.57 Å². The van der Waals surface area contributed by atoms with Crippen molar-refractivity contribution in [2.75, 3.05) is 0 Å². The quantitative estimate of drug-likeness (QED) is 0.380. The Bertz CT molecular complexity index is 1160. The number of thiazole rings is 1. The average Bonchev–Trinajstić information content (AvgIpc) is 2.92. The first-order chi connectivity index (χ1) is 12.8. The fourth-order valence-electron chi connectivity index (χ4n) is 2.91. The molecule has 1 aromatic heterocycles. The number of aryl methyl sites for hydroxylation is 2. The number of nitro groups is 1. The molecule has 0 fully saturated rings. The highest BCUT2D eigenvalue weighted by Gasteiger charge is 2.18. The number of rotatable bonds is 4. The zero-order valence-electron chi connectivity index (χ0n) is 15.4. The summed E-state index contributed by atoms with van der Waals surface area (Å²) in [5.74, 6) is -0.492. The van der Waals surface area contributed by atoms with Crippen molar-refractivity contribution in [1.82, 2.24) is 4.57 Å². The van der Waals surface area contributed by atoms with Gasteiger partial charge in [0.2, 0.25) is 0 Å². The average molecular weight is 381 g/mol. The van der Waals surface area contributed by atoms with Crippen LogP contribution in [0.15, 0.2) is 48.0 Å². The van der Waals surface area contributed by atoms with Gasteiger partial charge in [-0.3, -0.25) is 14.9 Å². The van der Waals surface area contributed by atoms with E-state index in [0.29, 0.717) is 16.9 Å².